The second kappa shape index (κ2) is 8.77. The van der Waals surface area contributed by atoms with E-state index in [0.717, 1.165) is 11.1 Å². The number of alkyl halides is 2. The molecule has 7 heteroatoms. The molecule has 0 unspecified atom stereocenters. The number of nitrogens with one attached hydrogen (secondary N) is 1. The number of para-hydroxylation sites is 1. The van der Waals surface area contributed by atoms with Gasteiger partial charge in [0.1, 0.15) is 5.75 Å². The van der Waals surface area contributed by atoms with Gasteiger partial charge in [0, 0.05) is 11.3 Å². The number of oxime groups is 1. The Morgan fingerprint density at radius 1 is 1.20 bits per heavy atom. The van der Waals surface area contributed by atoms with E-state index in [4.69, 9.17) is 4.84 Å². The summed E-state index contributed by atoms with van der Waals surface area (Å²) < 4.78 is 29.0. The van der Waals surface area contributed by atoms with Crippen LogP contribution in [0.2, 0.25) is 0 Å². The van der Waals surface area contributed by atoms with Gasteiger partial charge in [-0.3, -0.25) is 4.79 Å². The second-order valence-corrected chi connectivity index (χ2v) is 5.27. The lowest BCUT2D eigenvalue weighted by atomic mass is 10.1. The SMILES string of the molecule is Cc1ccc(NC(=O)CO/N=C/c2ccccc2OC(F)F)cc1C. The summed E-state index contributed by atoms with van der Waals surface area (Å²) in [5.41, 5.74) is 3.17. The molecule has 2 aromatic carbocycles. The fourth-order valence-electron chi connectivity index (χ4n) is 2.00. The van der Waals surface area contributed by atoms with E-state index in [0.29, 0.717) is 11.3 Å². The van der Waals surface area contributed by atoms with Gasteiger partial charge >= 0.3 is 6.61 Å². The van der Waals surface area contributed by atoms with Crippen molar-refractivity contribution in [3.8, 4) is 5.75 Å². The van der Waals surface area contributed by atoms with Crippen molar-refractivity contribution in [3.63, 3.8) is 0 Å². The predicted molar refractivity (Wildman–Crippen MR) is 91.2 cm³/mol. The standard InChI is InChI=1S/C18H18F2N2O3/c1-12-7-8-15(9-13(12)2)22-17(23)11-24-21-10-14-5-3-4-6-16(14)25-18(19)20/h3-10,18H,11H2,1-2H3,(H,22,23)/b21-10+. The minimum absolute atomic E-state index is 0.0237. The molecule has 1 amide bonds. The van der Waals surface area contributed by atoms with Crippen molar-refractivity contribution in [3.05, 3.63) is 59.2 Å². The summed E-state index contributed by atoms with van der Waals surface area (Å²) in [6.07, 6.45) is 1.21. The average molecular weight is 348 g/mol. The molecule has 0 aliphatic heterocycles. The van der Waals surface area contributed by atoms with Gasteiger partial charge in [0.2, 0.25) is 0 Å². The van der Waals surface area contributed by atoms with Crippen molar-refractivity contribution in [1.82, 2.24) is 0 Å². The maximum atomic E-state index is 12.3. The zero-order chi connectivity index (χ0) is 18.2. The third-order valence-electron chi connectivity index (χ3n) is 3.39. The third kappa shape index (κ3) is 5.87. The Balaban J connectivity index is 1.86. The summed E-state index contributed by atoms with van der Waals surface area (Å²) in [5, 5.41) is 6.30. The first kappa shape index (κ1) is 18.4. The van der Waals surface area contributed by atoms with E-state index >= 15 is 0 Å². The number of amides is 1. The van der Waals surface area contributed by atoms with Crippen LogP contribution in [0.1, 0.15) is 16.7 Å². The van der Waals surface area contributed by atoms with Gasteiger partial charge in [0.05, 0.1) is 6.21 Å². The first-order chi connectivity index (χ1) is 12.0. The largest absolute Gasteiger partial charge is 0.434 e. The Kier molecular flexibility index (Phi) is 6.45. The molecule has 2 aromatic rings. The summed E-state index contributed by atoms with van der Waals surface area (Å²) in [6.45, 7) is 0.694. The maximum Gasteiger partial charge on any atom is 0.387 e. The van der Waals surface area contributed by atoms with Gasteiger partial charge in [-0.1, -0.05) is 23.4 Å². The molecular weight excluding hydrogens is 330 g/mol. The zero-order valence-electron chi connectivity index (χ0n) is 13.8. The average Bonchev–Trinajstić information content (AvgIpc) is 2.56. The molecule has 5 nitrogen and oxygen atoms in total. The summed E-state index contributed by atoms with van der Waals surface area (Å²) in [4.78, 5) is 16.7. The zero-order valence-corrected chi connectivity index (χ0v) is 13.8. The van der Waals surface area contributed by atoms with Crippen molar-refractivity contribution in [1.29, 1.82) is 0 Å². The smallest absolute Gasteiger partial charge is 0.387 e. The number of ether oxygens (including phenoxy) is 1. The van der Waals surface area contributed by atoms with Crippen LogP contribution in [0.4, 0.5) is 14.5 Å². The van der Waals surface area contributed by atoms with Crippen LogP contribution in [-0.2, 0) is 9.63 Å². The Morgan fingerprint density at radius 3 is 2.68 bits per heavy atom. The molecule has 0 aliphatic rings. The summed E-state index contributed by atoms with van der Waals surface area (Å²) in [7, 11) is 0. The lowest BCUT2D eigenvalue weighted by Crippen LogP contribution is -2.17. The highest BCUT2D eigenvalue weighted by molar-refractivity contribution is 5.92. The number of carbonyl (C=O) groups is 1. The van der Waals surface area contributed by atoms with E-state index in [1.165, 1.54) is 12.3 Å². The fraction of sp³-hybridized carbons (Fsp3) is 0.222. The van der Waals surface area contributed by atoms with E-state index in [-0.39, 0.29) is 18.3 Å². The number of hydrogen-bond acceptors (Lipinski definition) is 4. The maximum absolute atomic E-state index is 12.3. The molecule has 0 spiro atoms. The van der Waals surface area contributed by atoms with Crippen LogP contribution in [0.5, 0.6) is 5.75 Å². The molecule has 0 saturated carbocycles. The van der Waals surface area contributed by atoms with Gasteiger partial charge < -0.3 is 14.9 Å². The van der Waals surface area contributed by atoms with E-state index in [1.54, 1.807) is 24.3 Å². The number of hydrogen-bond donors (Lipinski definition) is 1. The van der Waals surface area contributed by atoms with Crippen molar-refractivity contribution >= 4 is 17.8 Å². The highest BCUT2D eigenvalue weighted by Crippen LogP contribution is 2.18. The number of aryl methyl sites for hydroxylation is 2. The van der Waals surface area contributed by atoms with Crippen molar-refractivity contribution in [2.24, 2.45) is 5.16 Å². The first-order valence-corrected chi connectivity index (χ1v) is 7.52. The Bertz CT molecular complexity index is 764. The lowest BCUT2D eigenvalue weighted by Gasteiger charge is -2.07. The van der Waals surface area contributed by atoms with Crippen LogP contribution in [0, 0.1) is 13.8 Å². The number of halogens is 2. The molecule has 132 valence electrons. The molecule has 0 fully saturated rings. The fourth-order valence-corrected chi connectivity index (χ4v) is 2.00. The van der Waals surface area contributed by atoms with Crippen LogP contribution in [-0.4, -0.2) is 25.3 Å². The van der Waals surface area contributed by atoms with Gasteiger partial charge in [-0.25, -0.2) is 0 Å². The summed E-state index contributed by atoms with van der Waals surface area (Å²) >= 11 is 0. The molecule has 2 rings (SSSR count). The monoisotopic (exact) mass is 348 g/mol. The normalized spacial score (nSPS) is 10.9. The highest BCUT2D eigenvalue weighted by Gasteiger charge is 2.08. The van der Waals surface area contributed by atoms with Crippen LogP contribution >= 0.6 is 0 Å². The molecule has 25 heavy (non-hydrogen) atoms. The quantitative estimate of drug-likeness (QED) is 0.610. The number of benzene rings is 2. The molecule has 0 aliphatic carbocycles. The molecule has 0 radical (unpaired) electrons. The Labute approximate surface area is 144 Å². The molecule has 1 N–H and O–H groups in total. The van der Waals surface area contributed by atoms with Crippen molar-refractivity contribution in [2.75, 3.05) is 11.9 Å². The summed E-state index contributed by atoms with van der Waals surface area (Å²) in [5.74, 6) is -0.401. The Hall–Kier alpha value is -2.96. The highest BCUT2D eigenvalue weighted by atomic mass is 19.3. The molecule has 0 heterocycles. The number of nitrogens with zero attached hydrogens (tertiary/aromatic N) is 1. The first-order valence-electron chi connectivity index (χ1n) is 7.52. The van der Waals surface area contributed by atoms with E-state index in [9.17, 15) is 13.6 Å². The second-order valence-electron chi connectivity index (χ2n) is 5.27. The van der Waals surface area contributed by atoms with Crippen molar-refractivity contribution < 1.29 is 23.1 Å². The van der Waals surface area contributed by atoms with Crippen molar-refractivity contribution in [2.45, 2.75) is 20.5 Å². The molecule has 0 saturated heterocycles. The minimum Gasteiger partial charge on any atom is -0.434 e. The topological polar surface area (TPSA) is 59.9 Å². The van der Waals surface area contributed by atoms with Gasteiger partial charge in [-0.2, -0.15) is 8.78 Å². The molecule has 0 aromatic heterocycles. The van der Waals surface area contributed by atoms with Crippen LogP contribution in [0.15, 0.2) is 47.6 Å². The van der Waals surface area contributed by atoms with Crippen LogP contribution in [0.25, 0.3) is 0 Å². The number of anilines is 1. The molecule has 0 atom stereocenters. The summed E-state index contributed by atoms with van der Waals surface area (Å²) in [6, 6.07) is 11.7. The minimum atomic E-state index is -2.93. The van der Waals surface area contributed by atoms with Crippen LogP contribution in [0.3, 0.4) is 0 Å². The molecule has 0 bridgehead atoms. The third-order valence-corrected chi connectivity index (χ3v) is 3.39. The Morgan fingerprint density at radius 2 is 1.96 bits per heavy atom. The van der Waals surface area contributed by atoms with Crippen LogP contribution < -0.4 is 10.1 Å². The molecular formula is C18H18F2N2O3. The number of rotatable bonds is 7. The van der Waals surface area contributed by atoms with E-state index in [1.807, 2.05) is 26.0 Å². The van der Waals surface area contributed by atoms with Gasteiger partial charge in [-0.05, 0) is 49.2 Å². The number of carbonyl (C=O) groups excluding carboxylic acids is 1. The van der Waals surface area contributed by atoms with Gasteiger partial charge in [0.25, 0.3) is 5.91 Å². The van der Waals surface area contributed by atoms with Gasteiger partial charge in [0.15, 0.2) is 6.61 Å². The predicted octanol–water partition coefficient (Wildman–Crippen LogP) is 3.89. The van der Waals surface area contributed by atoms with E-state index in [2.05, 4.69) is 15.2 Å². The lowest BCUT2D eigenvalue weighted by molar-refractivity contribution is -0.120. The van der Waals surface area contributed by atoms with E-state index < -0.39 is 6.61 Å². The van der Waals surface area contributed by atoms with Gasteiger partial charge in [-0.15, -0.1) is 0 Å².